The Balaban J connectivity index is 4.13. The number of hydrogen-bond acceptors (Lipinski definition) is 8. The zero-order valence-corrected chi connectivity index (χ0v) is 17.0. The van der Waals surface area contributed by atoms with Gasteiger partial charge in [0.25, 0.3) is 0 Å². The van der Waals surface area contributed by atoms with Crippen molar-refractivity contribution in [2.24, 2.45) is 0 Å². The lowest BCUT2D eigenvalue weighted by Crippen LogP contribution is -2.29. The molecule has 0 spiro atoms. The Morgan fingerprint density at radius 3 is 0.889 bits per heavy atom. The molecule has 6 atom stereocenters. The topological polar surface area (TPSA) is 0 Å². The molecular weight excluding hydrogens is 377 g/mol. The van der Waals surface area contributed by atoms with Crippen LogP contribution in [0.4, 0.5) is 0 Å². The highest BCUT2D eigenvalue weighted by molar-refractivity contribution is 7.88. The molecule has 6 unspecified atom stereocenters. The maximum Gasteiger partial charge on any atom is 0.0222 e. The van der Waals surface area contributed by atoms with Crippen LogP contribution in [0.3, 0.4) is 0 Å². The Kier molecular flexibility index (Phi) is 13.1. The standard InChI is InChI=1S/C10H22S8/c11-3-9(17)7(15)1-5(13)6(14)2-8(16)10(18)4-12/h5-18H,1-4H2. The van der Waals surface area contributed by atoms with Gasteiger partial charge in [-0.05, 0) is 12.8 Å². The lowest BCUT2D eigenvalue weighted by atomic mass is 10.1. The molecular formula is C10H22S8. The third kappa shape index (κ3) is 8.29. The maximum absolute atomic E-state index is 4.61. The van der Waals surface area contributed by atoms with E-state index >= 15 is 0 Å². The van der Waals surface area contributed by atoms with Gasteiger partial charge in [0, 0.05) is 43.0 Å². The Morgan fingerprint density at radius 1 is 0.444 bits per heavy atom. The van der Waals surface area contributed by atoms with E-state index in [9.17, 15) is 0 Å². The van der Waals surface area contributed by atoms with Crippen molar-refractivity contribution in [1.82, 2.24) is 0 Å². The highest BCUT2D eigenvalue weighted by Gasteiger charge is 2.24. The van der Waals surface area contributed by atoms with Crippen LogP contribution in [0.1, 0.15) is 12.8 Å². The molecule has 0 nitrogen and oxygen atoms in total. The first kappa shape index (κ1) is 20.8. The van der Waals surface area contributed by atoms with E-state index in [4.69, 9.17) is 0 Å². The zero-order chi connectivity index (χ0) is 14.3. The van der Waals surface area contributed by atoms with E-state index in [0.29, 0.717) is 11.5 Å². The van der Waals surface area contributed by atoms with Crippen LogP contribution in [-0.4, -0.2) is 43.0 Å². The van der Waals surface area contributed by atoms with Crippen molar-refractivity contribution in [2.75, 3.05) is 11.5 Å². The average molecular weight is 399 g/mol. The van der Waals surface area contributed by atoms with Crippen molar-refractivity contribution in [3.63, 3.8) is 0 Å². The quantitative estimate of drug-likeness (QED) is 0.268. The van der Waals surface area contributed by atoms with Gasteiger partial charge >= 0.3 is 0 Å². The van der Waals surface area contributed by atoms with Gasteiger partial charge < -0.3 is 0 Å². The van der Waals surface area contributed by atoms with Crippen molar-refractivity contribution in [3.8, 4) is 0 Å². The molecule has 0 heterocycles. The molecule has 0 radical (unpaired) electrons. The molecule has 0 bridgehead atoms. The van der Waals surface area contributed by atoms with E-state index in [2.05, 4.69) is 101 Å². The van der Waals surface area contributed by atoms with E-state index in [1.807, 2.05) is 0 Å². The first-order chi connectivity index (χ1) is 8.33. The second-order valence-electron chi connectivity index (χ2n) is 4.24. The summed E-state index contributed by atoms with van der Waals surface area (Å²) in [7, 11) is 0. The Labute approximate surface area is 155 Å². The monoisotopic (exact) mass is 398 g/mol. The fourth-order valence-corrected chi connectivity index (χ4v) is 4.15. The Hall–Kier alpha value is 2.80. The van der Waals surface area contributed by atoms with Gasteiger partial charge in [0.2, 0.25) is 0 Å². The van der Waals surface area contributed by atoms with Gasteiger partial charge in [-0.1, -0.05) is 0 Å². The van der Waals surface area contributed by atoms with Gasteiger partial charge in [-0.25, -0.2) is 0 Å². The molecule has 0 amide bonds. The SMILES string of the molecule is SCC(S)C(S)CC(S)C(S)CC(S)C(S)CS. The van der Waals surface area contributed by atoms with E-state index in [1.54, 1.807) is 0 Å². The first-order valence-electron chi connectivity index (χ1n) is 5.63. The lowest BCUT2D eigenvalue weighted by molar-refractivity contribution is 0.644. The summed E-state index contributed by atoms with van der Waals surface area (Å²) in [6.45, 7) is 0. The predicted molar refractivity (Wildman–Crippen MR) is 114 cm³/mol. The van der Waals surface area contributed by atoms with Crippen LogP contribution in [0, 0.1) is 0 Å². The predicted octanol–water partition coefficient (Wildman–Crippen LogP) is 3.42. The smallest absolute Gasteiger partial charge is 0.0222 e. The number of rotatable bonds is 9. The Bertz CT molecular complexity index is 192. The van der Waals surface area contributed by atoms with Crippen molar-refractivity contribution >= 4 is 101 Å². The first-order valence-corrected chi connectivity index (χ1v) is 9.99. The molecule has 0 aromatic rings. The van der Waals surface area contributed by atoms with Crippen LogP contribution < -0.4 is 0 Å². The minimum absolute atomic E-state index is 0.167. The fraction of sp³-hybridized carbons (Fsp3) is 1.00. The van der Waals surface area contributed by atoms with Gasteiger partial charge in [-0.3, -0.25) is 0 Å². The minimum atomic E-state index is 0.167. The van der Waals surface area contributed by atoms with E-state index < -0.39 is 0 Å². The minimum Gasteiger partial charge on any atom is -0.178 e. The van der Waals surface area contributed by atoms with Crippen molar-refractivity contribution < 1.29 is 0 Å². The molecule has 0 saturated heterocycles. The van der Waals surface area contributed by atoms with Crippen molar-refractivity contribution in [3.05, 3.63) is 0 Å². The van der Waals surface area contributed by atoms with Gasteiger partial charge in [0.15, 0.2) is 0 Å². The summed E-state index contributed by atoms with van der Waals surface area (Å²) in [5.41, 5.74) is 0. The summed E-state index contributed by atoms with van der Waals surface area (Å²) in [4.78, 5) is 0. The number of thiol groups is 8. The molecule has 110 valence electrons. The molecule has 0 aliphatic heterocycles. The average Bonchev–Trinajstić information content (AvgIpc) is 2.35. The molecule has 18 heavy (non-hydrogen) atoms. The molecule has 0 fully saturated rings. The largest absolute Gasteiger partial charge is 0.178 e. The van der Waals surface area contributed by atoms with Gasteiger partial charge in [-0.2, -0.15) is 101 Å². The molecule has 0 saturated carbocycles. The summed E-state index contributed by atoms with van der Waals surface area (Å²) in [6.07, 6.45) is 1.71. The second-order valence-corrected chi connectivity index (χ2v) is 8.95. The van der Waals surface area contributed by atoms with Crippen LogP contribution >= 0.6 is 101 Å². The number of hydrogen-bond donors (Lipinski definition) is 8. The highest BCUT2D eigenvalue weighted by Crippen LogP contribution is 2.27. The summed E-state index contributed by atoms with van der Waals surface area (Å²) in [5.74, 6) is 1.42. The third-order valence-electron chi connectivity index (χ3n) is 2.67. The molecule has 0 rings (SSSR count). The normalized spacial score (nSPS) is 22.0. The summed E-state index contributed by atoms with van der Waals surface area (Å²) >= 11 is 35.6. The fourth-order valence-electron chi connectivity index (χ4n) is 1.37. The zero-order valence-electron chi connectivity index (χ0n) is 9.87. The van der Waals surface area contributed by atoms with Crippen LogP contribution in [0.15, 0.2) is 0 Å². The second kappa shape index (κ2) is 11.4. The van der Waals surface area contributed by atoms with Crippen molar-refractivity contribution in [1.29, 1.82) is 0 Å². The molecule has 0 aliphatic rings. The molecule has 8 heteroatoms. The van der Waals surface area contributed by atoms with Crippen LogP contribution in [0.2, 0.25) is 0 Å². The van der Waals surface area contributed by atoms with Crippen molar-refractivity contribution in [2.45, 2.75) is 44.3 Å². The molecule has 0 aromatic heterocycles. The molecule has 0 aliphatic carbocycles. The summed E-state index contributed by atoms with van der Waals surface area (Å²) in [5, 5.41) is 1.04. The van der Waals surface area contributed by atoms with Crippen LogP contribution in [-0.2, 0) is 0 Å². The lowest BCUT2D eigenvalue weighted by Gasteiger charge is -2.27. The third-order valence-corrected chi connectivity index (χ3v) is 8.11. The van der Waals surface area contributed by atoms with E-state index in [0.717, 1.165) is 12.8 Å². The maximum atomic E-state index is 4.61. The van der Waals surface area contributed by atoms with E-state index in [-0.39, 0.29) is 31.5 Å². The van der Waals surface area contributed by atoms with Gasteiger partial charge in [0.1, 0.15) is 0 Å². The molecule has 0 N–H and O–H groups in total. The van der Waals surface area contributed by atoms with Gasteiger partial charge in [0.05, 0.1) is 0 Å². The Morgan fingerprint density at radius 2 is 0.667 bits per heavy atom. The highest BCUT2D eigenvalue weighted by atomic mass is 32.1. The summed E-state index contributed by atoms with van der Waals surface area (Å²) < 4.78 is 0. The van der Waals surface area contributed by atoms with E-state index in [1.165, 1.54) is 0 Å². The van der Waals surface area contributed by atoms with Crippen LogP contribution in [0.25, 0.3) is 0 Å². The summed E-state index contributed by atoms with van der Waals surface area (Å²) in [6, 6.07) is 0. The van der Waals surface area contributed by atoms with Crippen LogP contribution in [0.5, 0.6) is 0 Å². The van der Waals surface area contributed by atoms with Gasteiger partial charge in [-0.15, -0.1) is 0 Å². The molecule has 0 aromatic carbocycles.